The molecule has 3 aromatic rings. The summed E-state index contributed by atoms with van der Waals surface area (Å²) in [6.45, 7) is 0. The molecule has 0 aliphatic rings. The van der Waals surface area contributed by atoms with Crippen molar-refractivity contribution in [2.75, 3.05) is 0 Å². The van der Waals surface area contributed by atoms with Crippen LogP contribution < -0.4 is 0 Å². The average molecular weight is 254 g/mol. The number of aliphatic hydroxyl groups is 1. The quantitative estimate of drug-likeness (QED) is 0.764. The molecular weight excluding hydrogens is 243 g/mol. The van der Waals surface area contributed by atoms with Crippen molar-refractivity contribution < 1.29 is 9.50 Å². The molecule has 3 rings (SSSR count). The van der Waals surface area contributed by atoms with Gasteiger partial charge in [-0.15, -0.1) is 0 Å². The van der Waals surface area contributed by atoms with Gasteiger partial charge in [-0.3, -0.25) is 9.97 Å². The molecule has 0 saturated carbocycles. The Morgan fingerprint density at radius 3 is 2.74 bits per heavy atom. The molecule has 1 aromatic carbocycles. The van der Waals surface area contributed by atoms with Crippen molar-refractivity contribution in [3.05, 3.63) is 72.1 Å². The van der Waals surface area contributed by atoms with Gasteiger partial charge in [0.25, 0.3) is 0 Å². The van der Waals surface area contributed by atoms with E-state index >= 15 is 0 Å². The monoisotopic (exact) mass is 254 g/mol. The van der Waals surface area contributed by atoms with Crippen LogP contribution in [0.3, 0.4) is 0 Å². The van der Waals surface area contributed by atoms with E-state index < -0.39 is 11.9 Å². The summed E-state index contributed by atoms with van der Waals surface area (Å²) < 4.78 is 12.9. The largest absolute Gasteiger partial charge is 0.382 e. The number of hydrogen-bond acceptors (Lipinski definition) is 3. The van der Waals surface area contributed by atoms with Gasteiger partial charge in [0, 0.05) is 17.8 Å². The van der Waals surface area contributed by atoms with Crippen LogP contribution in [0.25, 0.3) is 10.8 Å². The summed E-state index contributed by atoms with van der Waals surface area (Å²) in [5, 5.41) is 12.2. The predicted molar refractivity (Wildman–Crippen MR) is 70.0 cm³/mol. The Kier molecular flexibility index (Phi) is 2.93. The zero-order valence-electron chi connectivity index (χ0n) is 9.99. The third kappa shape index (κ3) is 2.18. The molecule has 0 bridgehead atoms. The van der Waals surface area contributed by atoms with Gasteiger partial charge in [0.05, 0.1) is 11.9 Å². The second kappa shape index (κ2) is 4.74. The van der Waals surface area contributed by atoms with E-state index in [0.717, 1.165) is 17.0 Å². The van der Waals surface area contributed by atoms with Crippen LogP contribution in [0.4, 0.5) is 4.39 Å². The Balaban J connectivity index is 2.11. The number of pyridine rings is 2. The third-order valence-corrected chi connectivity index (χ3v) is 3.04. The van der Waals surface area contributed by atoms with Gasteiger partial charge >= 0.3 is 0 Å². The van der Waals surface area contributed by atoms with E-state index in [9.17, 15) is 9.50 Å². The first-order chi connectivity index (χ1) is 9.25. The Morgan fingerprint density at radius 1 is 1.05 bits per heavy atom. The third-order valence-electron chi connectivity index (χ3n) is 3.04. The summed E-state index contributed by atoms with van der Waals surface area (Å²) in [7, 11) is 0. The highest BCUT2D eigenvalue weighted by Gasteiger charge is 2.14. The van der Waals surface area contributed by atoms with E-state index in [1.165, 1.54) is 12.1 Å². The lowest BCUT2D eigenvalue weighted by atomic mass is 10.00. The minimum absolute atomic E-state index is 0.415. The van der Waals surface area contributed by atoms with Gasteiger partial charge in [-0.05, 0) is 29.1 Å². The minimum Gasteiger partial charge on any atom is -0.382 e. The Hall–Kier alpha value is -2.33. The lowest BCUT2D eigenvalue weighted by molar-refractivity contribution is 0.216. The number of aliphatic hydroxyl groups excluding tert-OH is 1. The highest BCUT2D eigenvalue weighted by atomic mass is 19.1. The van der Waals surface area contributed by atoms with Gasteiger partial charge in [-0.1, -0.05) is 18.2 Å². The van der Waals surface area contributed by atoms with E-state index in [4.69, 9.17) is 0 Å². The lowest BCUT2D eigenvalue weighted by Gasteiger charge is -2.12. The summed E-state index contributed by atoms with van der Waals surface area (Å²) in [4.78, 5) is 7.99. The van der Waals surface area contributed by atoms with Crippen LogP contribution in [0.2, 0.25) is 0 Å². The normalized spacial score (nSPS) is 12.5. The molecule has 1 N–H and O–H groups in total. The van der Waals surface area contributed by atoms with E-state index in [1.54, 1.807) is 12.4 Å². The van der Waals surface area contributed by atoms with Crippen LogP contribution in [0, 0.1) is 5.82 Å². The molecule has 0 amide bonds. The highest BCUT2D eigenvalue weighted by Crippen LogP contribution is 2.27. The van der Waals surface area contributed by atoms with Crippen LogP contribution in [0.1, 0.15) is 17.4 Å². The Morgan fingerprint density at radius 2 is 1.95 bits per heavy atom. The van der Waals surface area contributed by atoms with Crippen molar-refractivity contribution in [1.29, 1.82) is 0 Å². The molecule has 0 spiro atoms. The van der Waals surface area contributed by atoms with E-state index in [-0.39, 0.29) is 0 Å². The first kappa shape index (κ1) is 11.7. The standard InChI is InChI=1S/C15H11FN2O/c16-11-4-5-14(18-8-11)15(19)12-3-1-2-10-6-7-17-9-13(10)12/h1-9,15,19H. The van der Waals surface area contributed by atoms with E-state index in [0.29, 0.717) is 11.3 Å². The second-order valence-corrected chi connectivity index (χ2v) is 4.25. The van der Waals surface area contributed by atoms with Crippen molar-refractivity contribution in [3.63, 3.8) is 0 Å². The Labute approximate surface area is 109 Å². The first-order valence-corrected chi connectivity index (χ1v) is 5.88. The SMILES string of the molecule is OC(c1ccc(F)cn1)c1cccc2ccncc12. The molecule has 1 unspecified atom stereocenters. The van der Waals surface area contributed by atoms with Gasteiger partial charge in [-0.25, -0.2) is 4.39 Å². The van der Waals surface area contributed by atoms with Crippen molar-refractivity contribution in [1.82, 2.24) is 9.97 Å². The Bertz CT molecular complexity index is 707. The molecule has 19 heavy (non-hydrogen) atoms. The van der Waals surface area contributed by atoms with Gasteiger partial charge in [0.1, 0.15) is 11.9 Å². The van der Waals surface area contributed by atoms with Crippen LogP contribution in [0.5, 0.6) is 0 Å². The van der Waals surface area contributed by atoms with Crippen LogP contribution in [-0.2, 0) is 0 Å². The maximum absolute atomic E-state index is 12.9. The number of aromatic nitrogens is 2. The predicted octanol–water partition coefficient (Wildman–Crippen LogP) is 2.85. The molecule has 3 nitrogen and oxygen atoms in total. The number of halogens is 1. The summed E-state index contributed by atoms with van der Waals surface area (Å²) in [6.07, 6.45) is 3.61. The molecule has 2 heterocycles. The van der Waals surface area contributed by atoms with Crippen molar-refractivity contribution in [2.24, 2.45) is 0 Å². The summed E-state index contributed by atoms with van der Waals surface area (Å²) in [5.74, 6) is -0.421. The number of nitrogens with zero attached hydrogens (tertiary/aromatic N) is 2. The van der Waals surface area contributed by atoms with Crippen LogP contribution in [0.15, 0.2) is 55.0 Å². The summed E-state index contributed by atoms with van der Waals surface area (Å²) in [5.41, 5.74) is 1.13. The molecule has 0 radical (unpaired) electrons. The zero-order valence-corrected chi connectivity index (χ0v) is 9.99. The second-order valence-electron chi connectivity index (χ2n) is 4.25. The fraction of sp³-hybridized carbons (Fsp3) is 0.0667. The molecule has 1 atom stereocenters. The van der Waals surface area contributed by atoms with Crippen molar-refractivity contribution in [2.45, 2.75) is 6.10 Å². The van der Waals surface area contributed by atoms with Crippen LogP contribution in [-0.4, -0.2) is 15.1 Å². The van der Waals surface area contributed by atoms with Gasteiger partial charge in [-0.2, -0.15) is 0 Å². The molecule has 4 heteroatoms. The van der Waals surface area contributed by atoms with E-state index in [1.807, 2.05) is 24.3 Å². The topological polar surface area (TPSA) is 46.0 Å². The molecule has 0 aliphatic heterocycles. The molecule has 0 aliphatic carbocycles. The fourth-order valence-electron chi connectivity index (χ4n) is 2.08. The highest BCUT2D eigenvalue weighted by molar-refractivity contribution is 5.85. The first-order valence-electron chi connectivity index (χ1n) is 5.88. The van der Waals surface area contributed by atoms with Crippen molar-refractivity contribution in [3.8, 4) is 0 Å². The number of benzene rings is 1. The maximum Gasteiger partial charge on any atom is 0.141 e. The van der Waals surface area contributed by atoms with Crippen molar-refractivity contribution >= 4 is 10.8 Å². The number of hydrogen-bond donors (Lipinski definition) is 1. The number of fused-ring (bicyclic) bond motifs is 1. The van der Waals surface area contributed by atoms with Crippen LogP contribution >= 0.6 is 0 Å². The molecule has 0 saturated heterocycles. The lowest BCUT2D eigenvalue weighted by Crippen LogP contribution is -2.03. The molecule has 0 fully saturated rings. The molecular formula is C15H11FN2O. The average Bonchev–Trinajstić information content (AvgIpc) is 2.47. The van der Waals surface area contributed by atoms with Gasteiger partial charge in [0.2, 0.25) is 0 Å². The zero-order chi connectivity index (χ0) is 13.2. The summed E-state index contributed by atoms with van der Waals surface area (Å²) >= 11 is 0. The van der Waals surface area contributed by atoms with E-state index in [2.05, 4.69) is 9.97 Å². The maximum atomic E-state index is 12.9. The molecule has 94 valence electrons. The van der Waals surface area contributed by atoms with Gasteiger partial charge < -0.3 is 5.11 Å². The van der Waals surface area contributed by atoms with Gasteiger partial charge in [0.15, 0.2) is 0 Å². The smallest absolute Gasteiger partial charge is 0.141 e. The fourth-order valence-corrected chi connectivity index (χ4v) is 2.08. The minimum atomic E-state index is -0.895. The number of rotatable bonds is 2. The molecule has 2 aromatic heterocycles. The summed E-state index contributed by atoms with van der Waals surface area (Å²) in [6, 6.07) is 10.3.